The maximum absolute atomic E-state index is 10.9. The van der Waals surface area contributed by atoms with Crippen molar-refractivity contribution in [1.29, 1.82) is 0 Å². The molecule has 0 spiro atoms. The topological polar surface area (TPSA) is 29.3 Å². The van der Waals surface area contributed by atoms with E-state index in [2.05, 4.69) is 11.8 Å². The summed E-state index contributed by atoms with van der Waals surface area (Å²) in [6.45, 7) is 6.66. The third kappa shape index (κ3) is 2.89. The number of carbonyl (C=O) groups is 1. The Hall–Kier alpha value is -0.570. The first-order valence-corrected chi connectivity index (χ1v) is 4.13. The molecule has 0 radical (unpaired) electrons. The zero-order chi connectivity index (χ0) is 8.27. The number of nitrogens with zero attached hydrogens (tertiary/aromatic N) is 1. The average Bonchev–Trinajstić information content (AvgIpc) is 2.67. The van der Waals surface area contributed by atoms with E-state index in [4.69, 9.17) is 4.74 Å². The maximum atomic E-state index is 10.9. The van der Waals surface area contributed by atoms with Crippen molar-refractivity contribution >= 4 is 5.97 Å². The van der Waals surface area contributed by atoms with Gasteiger partial charge in [-0.2, -0.15) is 0 Å². The Balaban J connectivity index is 2.12. The van der Waals surface area contributed by atoms with E-state index >= 15 is 0 Å². The highest BCUT2D eigenvalue weighted by Gasteiger charge is 2.25. The van der Waals surface area contributed by atoms with Crippen LogP contribution in [0, 0.1) is 0 Å². The van der Waals surface area contributed by atoms with Gasteiger partial charge in [-0.15, -0.1) is 0 Å². The summed E-state index contributed by atoms with van der Waals surface area (Å²) in [6, 6.07) is 0.369. The summed E-state index contributed by atoms with van der Waals surface area (Å²) in [7, 11) is 0. The second kappa shape index (κ2) is 3.72. The summed E-state index contributed by atoms with van der Waals surface area (Å²) < 4.78 is 4.82. The van der Waals surface area contributed by atoms with Gasteiger partial charge in [0.15, 0.2) is 0 Å². The van der Waals surface area contributed by atoms with E-state index in [1.165, 1.54) is 0 Å². The van der Waals surface area contributed by atoms with Gasteiger partial charge >= 0.3 is 5.97 Å². The summed E-state index contributed by atoms with van der Waals surface area (Å²) in [4.78, 5) is 13.2. The van der Waals surface area contributed by atoms with E-state index in [-0.39, 0.29) is 5.97 Å². The lowest BCUT2D eigenvalue weighted by Gasteiger charge is -2.10. The molecule has 0 bridgehead atoms. The number of hydrogen-bond donors (Lipinski definition) is 0. The fourth-order valence-electron chi connectivity index (χ4n) is 1.09. The lowest BCUT2D eigenvalue weighted by atomic mass is 10.2. The Morgan fingerprint density at radius 1 is 1.64 bits per heavy atom. The smallest absolute Gasteiger partial charge is 0.307 e. The first-order chi connectivity index (χ1) is 5.24. The van der Waals surface area contributed by atoms with Crippen LogP contribution >= 0.6 is 0 Å². The molecule has 0 unspecified atom stereocenters. The molecule has 1 aliphatic rings. The Morgan fingerprint density at radius 2 is 2.27 bits per heavy atom. The van der Waals surface area contributed by atoms with Crippen LogP contribution in [0.3, 0.4) is 0 Å². The Kier molecular flexibility index (Phi) is 2.88. The normalized spacial score (nSPS) is 19.5. The van der Waals surface area contributed by atoms with Gasteiger partial charge in [-0.05, 0) is 13.8 Å². The first kappa shape index (κ1) is 8.53. The van der Waals surface area contributed by atoms with Gasteiger partial charge in [0.1, 0.15) is 0 Å². The Bertz CT molecular complexity index is 143. The lowest BCUT2D eigenvalue weighted by molar-refractivity contribution is -0.143. The quantitative estimate of drug-likeness (QED) is 0.443. The molecule has 11 heavy (non-hydrogen) atoms. The van der Waals surface area contributed by atoms with Crippen molar-refractivity contribution in [3.63, 3.8) is 0 Å². The minimum absolute atomic E-state index is 0.0769. The number of carbonyl (C=O) groups excluding carboxylic acids is 1. The van der Waals surface area contributed by atoms with E-state index in [1.54, 1.807) is 0 Å². The van der Waals surface area contributed by atoms with Crippen molar-refractivity contribution in [3.8, 4) is 0 Å². The first-order valence-electron chi connectivity index (χ1n) is 4.13. The van der Waals surface area contributed by atoms with Crippen molar-refractivity contribution in [2.45, 2.75) is 26.3 Å². The van der Waals surface area contributed by atoms with Crippen LogP contribution in [-0.2, 0) is 9.53 Å². The minimum atomic E-state index is -0.0769. The molecular formula is C8H15NO2. The van der Waals surface area contributed by atoms with Gasteiger partial charge in [-0.1, -0.05) is 0 Å². The molecule has 1 heterocycles. The predicted molar refractivity (Wildman–Crippen MR) is 42.3 cm³/mol. The Morgan fingerprint density at radius 3 is 2.73 bits per heavy atom. The highest BCUT2D eigenvalue weighted by Crippen LogP contribution is 2.13. The molecule has 3 heteroatoms. The molecule has 1 saturated heterocycles. The van der Waals surface area contributed by atoms with Gasteiger partial charge in [0, 0.05) is 19.1 Å². The van der Waals surface area contributed by atoms with Crippen molar-refractivity contribution < 1.29 is 9.53 Å². The lowest BCUT2D eigenvalue weighted by Crippen LogP contribution is -2.20. The van der Waals surface area contributed by atoms with E-state index in [9.17, 15) is 4.79 Å². The van der Waals surface area contributed by atoms with Crippen molar-refractivity contribution in [3.05, 3.63) is 0 Å². The molecule has 0 saturated carbocycles. The molecule has 1 atom stereocenters. The van der Waals surface area contributed by atoms with E-state index in [1.807, 2.05) is 6.92 Å². The molecule has 1 rings (SSSR count). The van der Waals surface area contributed by atoms with E-state index < -0.39 is 0 Å². The van der Waals surface area contributed by atoms with Gasteiger partial charge in [0.25, 0.3) is 0 Å². The number of esters is 1. The van der Waals surface area contributed by atoms with Crippen LogP contribution < -0.4 is 0 Å². The third-order valence-corrected chi connectivity index (χ3v) is 1.87. The summed E-state index contributed by atoms with van der Waals surface area (Å²) in [5.74, 6) is -0.0769. The molecule has 0 aromatic carbocycles. The molecule has 0 N–H and O–H groups in total. The molecule has 0 aromatic heterocycles. The van der Waals surface area contributed by atoms with Crippen LogP contribution in [-0.4, -0.2) is 36.6 Å². The van der Waals surface area contributed by atoms with Crippen LogP contribution in [0.25, 0.3) is 0 Å². The van der Waals surface area contributed by atoms with Gasteiger partial charge in [-0.25, -0.2) is 0 Å². The molecule has 1 fully saturated rings. The predicted octanol–water partition coefficient (Wildman–Crippen LogP) is 0.644. The highest BCUT2D eigenvalue weighted by molar-refractivity contribution is 5.70. The van der Waals surface area contributed by atoms with Crippen molar-refractivity contribution in [2.24, 2.45) is 0 Å². The second-order valence-corrected chi connectivity index (χ2v) is 2.89. The highest BCUT2D eigenvalue weighted by atomic mass is 16.5. The van der Waals surface area contributed by atoms with Crippen LogP contribution in [0.15, 0.2) is 0 Å². The maximum Gasteiger partial charge on any atom is 0.307 e. The van der Waals surface area contributed by atoms with Crippen molar-refractivity contribution in [2.75, 3.05) is 19.7 Å². The zero-order valence-electron chi connectivity index (χ0n) is 7.17. The summed E-state index contributed by atoms with van der Waals surface area (Å²) >= 11 is 0. The zero-order valence-corrected chi connectivity index (χ0v) is 7.17. The van der Waals surface area contributed by atoms with Gasteiger partial charge in [0.05, 0.1) is 13.0 Å². The van der Waals surface area contributed by atoms with Crippen LogP contribution in [0.5, 0.6) is 0 Å². The van der Waals surface area contributed by atoms with E-state index in [0.29, 0.717) is 19.1 Å². The summed E-state index contributed by atoms with van der Waals surface area (Å²) in [5, 5.41) is 0. The molecule has 0 aromatic rings. The molecule has 3 nitrogen and oxygen atoms in total. The SMILES string of the molecule is CCOC(=O)C[C@@H](C)N1CC1. The Labute approximate surface area is 67.3 Å². The average molecular weight is 157 g/mol. The fourth-order valence-corrected chi connectivity index (χ4v) is 1.09. The third-order valence-electron chi connectivity index (χ3n) is 1.87. The number of ether oxygens (including phenoxy) is 1. The van der Waals surface area contributed by atoms with E-state index in [0.717, 1.165) is 13.1 Å². The molecule has 1 aliphatic heterocycles. The fraction of sp³-hybridized carbons (Fsp3) is 0.875. The van der Waals surface area contributed by atoms with Crippen LogP contribution in [0.2, 0.25) is 0 Å². The van der Waals surface area contributed by atoms with Gasteiger partial charge < -0.3 is 4.74 Å². The molecule has 64 valence electrons. The largest absolute Gasteiger partial charge is 0.466 e. The monoisotopic (exact) mass is 157 g/mol. The minimum Gasteiger partial charge on any atom is -0.466 e. The summed E-state index contributed by atoms with van der Waals surface area (Å²) in [5.41, 5.74) is 0. The van der Waals surface area contributed by atoms with Gasteiger partial charge in [-0.3, -0.25) is 9.69 Å². The molecule has 0 aliphatic carbocycles. The molecule has 0 amide bonds. The standard InChI is InChI=1S/C8H15NO2/c1-3-11-8(10)6-7(2)9-4-5-9/h7H,3-6H2,1-2H3/t7-/m1/s1. The summed E-state index contributed by atoms with van der Waals surface area (Å²) in [6.07, 6.45) is 0.536. The number of rotatable bonds is 4. The number of hydrogen-bond acceptors (Lipinski definition) is 3. The van der Waals surface area contributed by atoms with Gasteiger partial charge in [0.2, 0.25) is 0 Å². The molecular weight excluding hydrogens is 142 g/mol. The second-order valence-electron chi connectivity index (χ2n) is 2.89. The van der Waals surface area contributed by atoms with Crippen LogP contribution in [0.1, 0.15) is 20.3 Å². The van der Waals surface area contributed by atoms with Crippen LogP contribution in [0.4, 0.5) is 0 Å². The van der Waals surface area contributed by atoms with Crippen molar-refractivity contribution in [1.82, 2.24) is 4.90 Å².